The standard InChI is InChI=1S/C15H15F3N2O2S/c1-2-20(11-12-6-8-19-9-7-12)23(21,22)14-5-3-4-13(10-14)15(16,17)18/h3-10H,2,11H2,1H3. The van der Waals surface area contributed by atoms with Crippen LogP contribution in [0.4, 0.5) is 13.2 Å². The Labute approximate surface area is 132 Å². The van der Waals surface area contributed by atoms with Crippen LogP contribution >= 0.6 is 0 Å². The maximum Gasteiger partial charge on any atom is 0.416 e. The van der Waals surface area contributed by atoms with Gasteiger partial charge in [0.1, 0.15) is 0 Å². The lowest BCUT2D eigenvalue weighted by Crippen LogP contribution is -2.30. The third kappa shape index (κ3) is 4.08. The maximum absolute atomic E-state index is 12.8. The molecule has 2 rings (SSSR count). The van der Waals surface area contributed by atoms with Crippen LogP contribution in [-0.2, 0) is 22.7 Å². The van der Waals surface area contributed by atoms with E-state index in [0.717, 1.165) is 16.4 Å². The maximum atomic E-state index is 12.8. The van der Waals surface area contributed by atoms with E-state index in [0.29, 0.717) is 11.6 Å². The van der Waals surface area contributed by atoms with E-state index in [2.05, 4.69) is 4.98 Å². The summed E-state index contributed by atoms with van der Waals surface area (Å²) in [7, 11) is -4.02. The van der Waals surface area contributed by atoms with Crippen LogP contribution < -0.4 is 0 Å². The monoisotopic (exact) mass is 344 g/mol. The Hall–Kier alpha value is -1.93. The van der Waals surface area contributed by atoms with Crippen molar-refractivity contribution in [2.24, 2.45) is 0 Å². The van der Waals surface area contributed by atoms with E-state index in [1.807, 2.05) is 0 Å². The van der Waals surface area contributed by atoms with E-state index in [4.69, 9.17) is 0 Å². The molecule has 0 fully saturated rings. The fourth-order valence-electron chi connectivity index (χ4n) is 2.04. The molecule has 1 aromatic carbocycles. The highest BCUT2D eigenvalue weighted by Gasteiger charge is 2.32. The van der Waals surface area contributed by atoms with Gasteiger partial charge < -0.3 is 0 Å². The average Bonchev–Trinajstić information content (AvgIpc) is 2.52. The highest BCUT2D eigenvalue weighted by Crippen LogP contribution is 2.31. The lowest BCUT2D eigenvalue weighted by Gasteiger charge is -2.21. The quantitative estimate of drug-likeness (QED) is 0.836. The molecule has 0 N–H and O–H groups in total. The summed E-state index contributed by atoms with van der Waals surface area (Å²) >= 11 is 0. The molecule has 1 aromatic heterocycles. The number of aromatic nitrogens is 1. The van der Waals surface area contributed by atoms with Crippen LogP contribution in [0.3, 0.4) is 0 Å². The van der Waals surface area contributed by atoms with Crippen molar-refractivity contribution >= 4 is 10.0 Å². The first-order valence-corrected chi connectivity index (χ1v) is 8.25. The minimum atomic E-state index is -4.59. The van der Waals surface area contributed by atoms with Crippen molar-refractivity contribution < 1.29 is 21.6 Å². The predicted molar refractivity (Wildman–Crippen MR) is 79.0 cm³/mol. The van der Waals surface area contributed by atoms with Gasteiger partial charge in [-0.3, -0.25) is 4.98 Å². The minimum Gasteiger partial charge on any atom is -0.265 e. The van der Waals surface area contributed by atoms with Gasteiger partial charge in [-0.2, -0.15) is 17.5 Å². The van der Waals surface area contributed by atoms with Gasteiger partial charge in [0.25, 0.3) is 0 Å². The lowest BCUT2D eigenvalue weighted by atomic mass is 10.2. The largest absolute Gasteiger partial charge is 0.416 e. The number of nitrogens with zero attached hydrogens (tertiary/aromatic N) is 2. The first-order valence-electron chi connectivity index (χ1n) is 6.81. The molecule has 0 amide bonds. The zero-order valence-electron chi connectivity index (χ0n) is 12.3. The number of hydrogen-bond donors (Lipinski definition) is 0. The highest BCUT2D eigenvalue weighted by molar-refractivity contribution is 7.89. The van der Waals surface area contributed by atoms with E-state index in [-0.39, 0.29) is 18.0 Å². The Bertz CT molecular complexity index is 762. The van der Waals surface area contributed by atoms with E-state index < -0.39 is 21.8 Å². The van der Waals surface area contributed by atoms with Gasteiger partial charge in [0.15, 0.2) is 0 Å². The zero-order valence-corrected chi connectivity index (χ0v) is 13.1. The van der Waals surface area contributed by atoms with Gasteiger partial charge >= 0.3 is 6.18 Å². The summed E-state index contributed by atoms with van der Waals surface area (Å²) in [6.07, 6.45) is -1.53. The van der Waals surface area contributed by atoms with Crippen molar-refractivity contribution in [1.82, 2.24) is 9.29 Å². The number of pyridine rings is 1. The molecule has 0 saturated heterocycles. The van der Waals surface area contributed by atoms with Crippen molar-refractivity contribution in [2.45, 2.75) is 24.5 Å². The topological polar surface area (TPSA) is 50.3 Å². The molecule has 8 heteroatoms. The molecule has 0 radical (unpaired) electrons. The predicted octanol–water partition coefficient (Wildman–Crippen LogP) is 3.31. The summed E-state index contributed by atoms with van der Waals surface area (Å²) in [6, 6.07) is 7.08. The number of rotatable bonds is 5. The summed E-state index contributed by atoms with van der Waals surface area (Å²) in [5.41, 5.74) is -0.282. The lowest BCUT2D eigenvalue weighted by molar-refractivity contribution is -0.137. The average molecular weight is 344 g/mol. The Morgan fingerprint density at radius 1 is 1.13 bits per heavy atom. The molecule has 0 aliphatic rings. The van der Waals surface area contributed by atoms with E-state index in [1.165, 1.54) is 18.5 Å². The smallest absolute Gasteiger partial charge is 0.265 e. The van der Waals surface area contributed by atoms with Crippen molar-refractivity contribution in [3.05, 3.63) is 59.9 Å². The second-order valence-electron chi connectivity index (χ2n) is 4.81. The molecule has 23 heavy (non-hydrogen) atoms. The molecule has 2 aromatic rings. The third-order valence-corrected chi connectivity index (χ3v) is 5.18. The normalized spacial score (nSPS) is 12.6. The number of alkyl halides is 3. The molecular formula is C15H15F3N2O2S. The summed E-state index contributed by atoms with van der Waals surface area (Å²) < 4.78 is 64.6. The molecule has 0 aliphatic carbocycles. The summed E-state index contributed by atoms with van der Waals surface area (Å²) in [5, 5.41) is 0. The van der Waals surface area contributed by atoms with E-state index >= 15 is 0 Å². The Kier molecular flexibility index (Phi) is 5.06. The number of halogens is 3. The molecule has 0 unspecified atom stereocenters. The van der Waals surface area contributed by atoms with Crippen LogP contribution in [0.15, 0.2) is 53.7 Å². The van der Waals surface area contributed by atoms with Crippen LogP contribution in [0.5, 0.6) is 0 Å². The second kappa shape index (κ2) is 6.67. The van der Waals surface area contributed by atoms with Crippen LogP contribution in [-0.4, -0.2) is 24.3 Å². The van der Waals surface area contributed by atoms with Crippen LogP contribution in [0, 0.1) is 0 Å². The number of benzene rings is 1. The van der Waals surface area contributed by atoms with Crippen LogP contribution in [0.2, 0.25) is 0 Å². The van der Waals surface area contributed by atoms with Crippen molar-refractivity contribution in [1.29, 1.82) is 0 Å². The van der Waals surface area contributed by atoms with Gasteiger partial charge in [0.2, 0.25) is 10.0 Å². The van der Waals surface area contributed by atoms with Crippen molar-refractivity contribution in [2.75, 3.05) is 6.54 Å². The molecular weight excluding hydrogens is 329 g/mol. The number of hydrogen-bond acceptors (Lipinski definition) is 3. The SMILES string of the molecule is CCN(Cc1ccncc1)S(=O)(=O)c1cccc(C(F)(F)F)c1. The van der Waals surface area contributed by atoms with Crippen molar-refractivity contribution in [3.63, 3.8) is 0 Å². The fourth-order valence-corrected chi connectivity index (χ4v) is 3.52. The van der Waals surface area contributed by atoms with Gasteiger partial charge in [0.05, 0.1) is 10.5 Å². The highest BCUT2D eigenvalue weighted by atomic mass is 32.2. The Morgan fingerprint density at radius 3 is 2.35 bits per heavy atom. The first-order chi connectivity index (χ1) is 10.7. The van der Waals surface area contributed by atoms with Gasteiger partial charge in [-0.15, -0.1) is 0 Å². The van der Waals surface area contributed by atoms with Gasteiger partial charge in [-0.05, 0) is 35.9 Å². The van der Waals surface area contributed by atoms with Gasteiger partial charge in [-0.1, -0.05) is 13.0 Å². The Morgan fingerprint density at radius 2 is 1.78 bits per heavy atom. The molecule has 124 valence electrons. The molecule has 0 spiro atoms. The summed E-state index contributed by atoms with van der Waals surface area (Å²) in [4.78, 5) is 3.47. The van der Waals surface area contributed by atoms with Crippen LogP contribution in [0.25, 0.3) is 0 Å². The summed E-state index contributed by atoms with van der Waals surface area (Å²) in [5.74, 6) is 0. The molecule has 0 aliphatic heterocycles. The molecule has 1 heterocycles. The zero-order chi connectivity index (χ0) is 17.1. The Balaban J connectivity index is 2.36. The van der Waals surface area contributed by atoms with E-state index in [9.17, 15) is 21.6 Å². The van der Waals surface area contributed by atoms with Crippen molar-refractivity contribution in [3.8, 4) is 0 Å². The minimum absolute atomic E-state index is 0.0671. The number of sulfonamides is 1. The van der Waals surface area contributed by atoms with Gasteiger partial charge in [-0.25, -0.2) is 8.42 Å². The van der Waals surface area contributed by atoms with Crippen LogP contribution in [0.1, 0.15) is 18.1 Å². The molecule has 0 atom stereocenters. The fraction of sp³-hybridized carbons (Fsp3) is 0.267. The first kappa shape index (κ1) is 17.4. The molecule has 0 bridgehead atoms. The molecule has 4 nitrogen and oxygen atoms in total. The summed E-state index contributed by atoms with van der Waals surface area (Å²) in [6.45, 7) is 1.84. The molecule has 0 saturated carbocycles. The van der Waals surface area contributed by atoms with E-state index in [1.54, 1.807) is 19.1 Å². The second-order valence-corrected chi connectivity index (χ2v) is 6.75. The third-order valence-electron chi connectivity index (χ3n) is 3.26. The van der Waals surface area contributed by atoms with Gasteiger partial charge in [0, 0.05) is 25.5 Å².